The Bertz CT molecular complexity index is 473. The summed E-state index contributed by atoms with van der Waals surface area (Å²) in [5, 5.41) is 5.68. The third kappa shape index (κ3) is 2.76. The van der Waals surface area contributed by atoms with Crippen LogP contribution in [0.1, 0.15) is 63.4 Å². The number of carbonyl (C=O) groups is 1. The van der Waals surface area contributed by atoms with E-state index in [2.05, 4.69) is 41.6 Å². The molecule has 3 rings (SSSR count). The second kappa shape index (κ2) is 6.49. The lowest BCUT2D eigenvalue weighted by molar-refractivity contribution is -0.134. The quantitative estimate of drug-likeness (QED) is 0.914. The molecule has 0 spiro atoms. The average Bonchev–Trinajstić information content (AvgIpc) is 3.14. The van der Waals surface area contributed by atoms with E-state index < -0.39 is 0 Å². The van der Waals surface area contributed by atoms with Crippen LogP contribution in [0, 0.1) is 5.92 Å². The van der Waals surface area contributed by atoms with Crippen LogP contribution in [0.5, 0.6) is 0 Å². The van der Waals surface area contributed by atoms with Gasteiger partial charge in [-0.05, 0) is 36.6 Å². The van der Waals surface area contributed by atoms with Crippen molar-refractivity contribution in [1.82, 2.24) is 10.2 Å². The Morgan fingerprint density at radius 2 is 2.10 bits per heavy atom. The van der Waals surface area contributed by atoms with Gasteiger partial charge in [-0.2, -0.15) is 0 Å². The number of thiophene rings is 1. The summed E-state index contributed by atoms with van der Waals surface area (Å²) in [4.78, 5) is 16.4. The molecule has 1 saturated heterocycles. The highest BCUT2D eigenvalue weighted by Crippen LogP contribution is 2.39. The van der Waals surface area contributed by atoms with Gasteiger partial charge in [0.2, 0.25) is 5.91 Å². The van der Waals surface area contributed by atoms with Crippen LogP contribution in [0.15, 0.2) is 17.5 Å². The van der Waals surface area contributed by atoms with Crippen molar-refractivity contribution in [3.63, 3.8) is 0 Å². The van der Waals surface area contributed by atoms with Crippen molar-refractivity contribution in [3.05, 3.63) is 22.4 Å². The SMILES string of the molecule is CCC1NC(c2cccs2)N(C2CCCCC2CC)C1=O. The van der Waals surface area contributed by atoms with Crippen LogP contribution in [0.25, 0.3) is 0 Å². The fourth-order valence-corrected chi connectivity index (χ4v) is 4.78. The molecule has 1 aliphatic carbocycles. The maximum atomic E-state index is 12.9. The summed E-state index contributed by atoms with van der Waals surface area (Å²) in [5.74, 6) is 0.990. The summed E-state index contributed by atoms with van der Waals surface area (Å²) in [6.45, 7) is 4.37. The topological polar surface area (TPSA) is 32.3 Å². The molecule has 0 radical (unpaired) electrons. The van der Waals surface area contributed by atoms with Crippen molar-refractivity contribution < 1.29 is 4.79 Å². The first-order valence-electron chi connectivity index (χ1n) is 8.37. The Kier molecular flexibility index (Phi) is 4.65. The second-order valence-corrected chi connectivity index (χ2v) is 7.29. The molecule has 1 aliphatic heterocycles. The molecule has 4 unspecified atom stereocenters. The van der Waals surface area contributed by atoms with E-state index in [9.17, 15) is 4.79 Å². The lowest BCUT2D eigenvalue weighted by atomic mass is 9.81. The molecule has 4 heteroatoms. The van der Waals surface area contributed by atoms with E-state index in [0.29, 0.717) is 17.9 Å². The number of hydrogen-bond donors (Lipinski definition) is 1. The van der Waals surface area contributed by atoms with Crippen LogP contribution in [0.2, 0.25) is 0 Å². The Morgan fingerprint density at radius 1 is 1.29 bits per heavy atom. The molecule has 0 aromatic carbocycles. The lowest BCUT2D eigenvalue weighted by Gasteiger charge is -2.40. The molecule has 2 aliphatic rings. The van der Waals surface area contributed by atoms with Crippen LogP contribution in [0.4, 0.5) is 0 Å². The molecule has 1 N–H and O–H groups in total. The van der Waals surface area contributed by atoms with E-state index >= 15 is 0 Å². The van der Waals surface area contributed by atoms with Crippen molar-refractivity contribution in [3.8, 4) is 0 Å². The highest BCUT2D eigenvalue weighted by atomic mass is 32.1. The highest BCUT2D eigenvalue weighted by Gasteiger charge is 2.45. The summed E-state index contributed by atoms with van der Waals surface area (Å²) in [7, 11) is 0. The van der Waals surface area contributed by atoms with Crippen molar-refractivity contribution in [2.75, 3.05) is 0 Å². The average molecular weight is 306 g/mol. The lowest BCUT2D eigenvalue weighted by Crippen LogP contribution is -2.45. The van der Waals surface area contributed by atoms with Gasteiger partial charge in [-0.3, -0.25) is 10.1 Å². The number of hydrogen-bond acceptors (Lipinski definition) is 3. The van der Waals surface area contributed by atoms with Gasteiger partial charge in [0, 0.05) is 10.9 Å². The van der Waals surface area contributed by atoms with Crippen molar-refractivity contribution in [2.45, 2.75) is 70.6 Å². The standard InChI is InChI=1S/C17H26N2OS/c1-3-12-8-5-6-9-14(12)19-16(15-10-7-11-21-15)18-13(4-2)17(19)20/h7,10-14,16,18H,3-6,8-9H2,1-2H3. The minimum absolute atomic E-state index is 0.00321. The van der Waals surface area contributed by atoms with Crippen LogP contribution in [0.3, 0.4) is 0 Å². The fourth-order valence-electron chi connectivity index (χ4n) is 3.99. The van der Waals surface area contributed by atoms with Gasteiger partial charge in [0.05, 0.1) is 6.04 Å². The Labute approximate surface area is 131 Å². The van der Waals surface area contributed by atoms with Gasteiger partial charge in [-0.1, -0.05) is 39.2 Å². The summed E-state index contributed by atoms with van der Waals surface area (Å²) >= 11 is 1.75. The maximum absolute atomic E-state index is 12.9. The summed E-state index contributed by atoms with van der Waals surface area (Å²) in [5.41, 5.74) is 0. The largest absolute Gasteiger partial charge is 0.317 e. The zero-order valence-electron chi connectivity index (χ0n) is 13.0. The van der Waals surface area contributed by atoms with E-state index in [1.807, 2.05) is 0 Å². The molecule has 1 saturated carbocycles. The van der Waals surface area contributed by atoms with Crippen molar-refractivity contribution in [1.29, 1.82) is 0 Å². The predicted octanol–water partition coefficient (Wildman–Crippen LogP) is 3.93. The van der Waals surface area contributed by atoms with Crippen LogP contribution < -0.4 is 5.32 Å². The first kappa shape index (κ1) is 15.0. The molecule has 1 aromatic rings. The summed E-state index contributed by atoms with van der Waals surface area (Å²) < 4.78 is 0. The van der Waals surface area contributed by atoms with Crippen LogP contribution in [-0.4, -0.2) is 22.9 Å². The van der Waals surface area contributed by atoms with Gasteiger partial charge in [-0.15, -0.1) is 11.3 Å². The Hall–Kier alpha value is -0.870. The smallest absolute Gasteiger partial charge is 0.241 e. The predicted molar refractivity (Wildman–Crippen MR) is 87.2 cm³/mol. The molecule has 3 nitrogen and oxygen atoms in total. The first-order valence-corrected chi connectivity index (χ1v) is 9.25. The minimum atomic E-state index is -0.00321. The molecule has 2 heterocycles. The van der Waals surface area contributed by atoms with Gasteiger partial charge in [0.15, 0.2) is 0 Å². The molecule has 2 fully saturated rings. The normalized spacial score (nSPS) is 33.6. The van der Waals surface area contributed by atoms with Crippen LogP contribution >= 0.6 is 11.3 Å². The van der Waals surface area contributed by atoms with Gasteiger partial charge >= 0.3 is 0 Å². The number of nitrogens with one attached hydrogen (secondary N) is 1. The minimum Gasteiger partial charge on any atom is -0.317 e. The zero-order valence-corrected chi connectivity index (χ0v) is 13.9. The monoisotopic (exact) mass is 306 g/mol. The van der Waals surface area contributed by atoms with Gasteiger partial charge in [-0.25, -0.2) is 0 Å². The number of rotatable bonds is 4. The molecular weight excluding hydrogens is 280 g/mol. The number of carbonyl (C=O) groups excluding carboxylic acids is 1. The Morgan fingerprint density at radius 3 is 2.76 bits per heavy atom. The van der Waals surface area contributed by atoms with Crippen molar-refractivity contribution in [2.24, 2.45) is 5.92 Å². The first-order chi connectivity index (χ1) is 10.3. The van der Waals surface area contributed by atoms with Gasteiger partial charge < -0.3 is 4.90 Å². The zero-order chi connectivity index (χ0) is 14.8. The van der Waals surface area contributed by atoms with Gasteiger partial charge in [0.25, 0.3) is 0 Å². The van der Waals surface area contributed by atoms with E-state index in [1.165, 1.54) is 37.0 Å². The Balaban J connectivity index is 1.89. The molecular formula is C17H26N2OS. The van der Waals surface area contributed by atoms with Crippen molar-refractivity contribution >= 4 is 17.2 Å². The van der Waals surface area contributed by atoms with E-state index in [-0.39, 0.29) is 12.2 Å². The molecule has 1 amide bonds. The third-order valence-corrected chi connectivity index (χ3v) is 6.09. The molecule has 1 aromatic heterocycles. The number of amides is 1. The summed E-state index contributed by atoms with van der Waals surface area (Å²) in [6.07, 6.45) is 7.19. The maximum Gasteiger partial charge on any atom is 0.241 e. The highest BCUT2D eigenvalue weighted by molar-refractivity contribution is 7.10. The molecule has 0 bridgehead atoms. The summed E-state index contributed by atoms with van der Waals surface area (Å²) in [6, 6.07) is 4.66. The van der Waals surface area contributed by atoms with E-state index in [0.717, 1.165) is 6.42 Å². The number of nitrogens with zero attached hydrogens (tertiary/aromatic N) is 1. The molecule has 116 valence electrons. The van der Waals surface area contributed by atoms with E-state index in [4.69, 9.17) is 0 Å². The van der Waals surface area contributed by atoms with E-state index in [1.54, 1.807) is 11.3 Å². The fraction of sp³-hybridized carbons (Fsp3) is 0.706. The van der Waals surface area contributed by atoms with Crippen LogP contribution in [-0.2, 0) is 4.79 Å². The second-order valence-electron chi connectivity index (χ2n) is 6.31. The third-order valence-electron chi connectivity index (χ3n) is 5.16. The van der Waals surface area contributed by atoms with Gasteiger partial charge in [0.1, 0.15) is 6.17 Å². The molecule has 21 heavy (non-hydrogen) atoms. The molecule has 4 atom stereocenters.